The van der Waals surface area contributed by atoms with Crippen molar-refractivity contribution in [3.05, 3.63) is 34.5 Å². The number of nitrogens with zero attached hydrogens (tertiary/aromatic N) is 4. The zero-order valence-corrected chi connectivity index (χ0v) is 15.1. The van der Waals surface area contributed by atoms with Crippen LogP contribution in [0.4, 0.5) is 5.82 Å². The Morgan fingerprint density at radius 3 is 2.79 bits per heavy atom. The van der Waals surface area contributed by atoms with Gasteiger partial charge >= 0.3 is 0 Å². The first-order chi connectivity index (χ1) is 11.5. The van der Waals surface area contributed by atoms with Crippen LogP contribution >= 0.6 is 0 Å². The second kappa shape index (κ2) is 7.30. The maximum atomic E-state index is 5.50. The lowest BCUT2D eigenvalue weighted by Gasteiger charge is -2.20. The van der Waals surface area contributed by atoms with E-state index in [2.05, 4.69) is 52.0 Å². The van der Waals surface area contributed by atoms with E-state index in [1.165, 1.54) is 11.3 Å². The van der Waals surface area contributed by atoms with Crippen LogP contribution in [0.2, 0.25) is 0 Å². The van der Waals surface area contributed by atoms with Gasteiger partial charge in [0, 0.05) is 37.9 Å². The molecular formula is C18H27N5O. The molecular weight excluding hydrogens is 302 g/mol. The molecule has 0 aliphatic carbocycles. The Kier molecular flexibility index (Phi) is 5.14. The van der Waals surface area contributed by atoms with E-state index in [0.717, 1.165) is 62.1 Å². The summed E-state index contributed by atoms with van der Waals surface area (Å²) < 4.78 is 5.50. The molecule has 1 aliphatic heterocycles. The van der Waals surface area contributed by atoms with Crippen LogP contribution in [0.25, 0.3) is 0 Å². The number of aromatic amines is 1. The van der Waals surface area contributed by atoms with Gasteiger partial charge in [-0.2, -0.15) is 5.10 Å². The summed E-state index contributed by atoms with van der Waals surface area (Å²) in [5.41, 5.74) is 4.74. The number of nitrogens with one attached hydrogen (secondary N) is 1. The first-order valence-electron chi connectivity index (χ1n) is 8.69. The molecule has 0 bridgehead atoms. The number of rotatable bonds is 6. The average molecular weight is 329 g/mol. The van der Waals surface area contributed by atoms with Gasteiger partial charge in [0.15, 0.2) is 0 Å². The van der Waals surface area contributed by atoms with E-state index in [-0.39, 0.29) is 0 Å². The molecule has 0 radical (unpaired) electrons. The fraction of sp³-hybridized carbons (Fsp3) is 0.611. The molecule has 0 aromatic carbocycles. The Morgan fingerprint density at radius 2 is 2.12 bits per heavy atom. The van der Waals surface area contributed by atoms with Gasteiger partial charge in [-0.25, -0.2) is 9.97 Å². The van der Waals surface area contributed by atoms with Gasteiger partial charge in [0.1, 0.15) is 11.6 Å². The largest absolute Gasteiger partial charge is 0.381 e. The van der Waals surface area contributed by atoms with Crippen LogP contribution in [-0.4, -0.2) is 47.0 Å². The van der Waals surface area contributed by atoms with Crippen molar-refractivity contribution in [3.63, 3.8) is 0 Å². The number of hydrogen-bond donors (Lipinski definition) is 1. The first-order valence-corrected chi connectivity index (χ1v) is 8.69. The van der Waals surface area contributed by atoms with E-state index in [4.69, 9.17) is 4.74 Å². The molecule has 2 aromatic heterocycles. The van der Waals surface area contributed by atoms with Crippen LogP contribution in [0.5, 0.6) is 0 Å². The van der Waals surface area contributed by atoms with Crippen molar-refractivity contribution in [2.45, 2.75) is 46.0 Å². The van der Waals surface area contributed by atoms with Crippen LogP contribution in [0, 0.1) is 20.8 Å². The Bertz CT molecular complexity index is 671. The van der Waals surface area contributed by atoms with Gasteiger partial charge < -0.3 is 9.64 Å². The Hall–Kier alpha value is -1.95. The summed E-state index contributed by atoms with van der Waals surface area (Å²) >= 11 is 0. The summed E-state index contributed by atoms with van der Waals surface area (Å²) in [6.45, 7) is 8.69. The van der Waals surface area contributed by atoms with Crippen molar-refractivity contribution in [2.24, 2.45) is 0 Å². The summed E-state index contributed by atoms with van der Waals surface area (Å²) in [5, 5.41) is 7.33. The molecule has 3 heterocycles. The molecule has 1 saturated heterocycles. The van der Waals surface area contributed by atoms with Gasteiger partial charge in [-0.05, 0) is 45.6 Å². The van der Waals surface area contributed by atoms with Gasteiger partial charge in [0.25, 0.3) is 0 Å². The zero-order valence-electron chi connectivity index (χ0n) is 15.1. The molecule has 2 aromatic rings. The van der Waals surface area contributed by atoms with Gasteiger partial charge in [0.2, 0.25) is 0 Å². The molecule has 1 unspecified atom stereocenters. The highest BCUT2D eigenvalue weighted by atomic mass is 16.5. The van der Waals surface area contributed by atoms with Crippen molar-refractivity contribution in [1.82, 2.24) is 20.2 Å². The predicted molar refractivity (Wildman–Crippen MR) is 94.6 cm³/mol. The van der Waals surface area contributed by atoms with Crippen molar-refractivity contribution < 1.29 is 4.74 Å². The predicted octanol–water partition coefficient (Wildman–Crippen LogP) is 2.70. The minimum Gasteiger partial charge on any atom is -0.381 e. The van der Waals surface area contributed by atoms with Crippen molar-refractivity contribution in [3.8, 4) is 0 Å². The van der Waals surface area contributed by atoms with Gasteiger partial charge in [-0.3, -0.25) is 5.10 Å². The van der Waals surface area contributed by atoms with Crippen LogP contribution < -0.4 is 4.90 Å². The van der Waals surface area contributed by atoms with Crippen molar-refractivity contribution in [1.29, 1.82) is 0 Å². The molecule has 3 rings (SSSR count). The van der Waals surface area contributed by atoms with E-state index in [1.54, 1.807) is 0 Å². The summed E-state index contributed by atoms with van der Waals surface area (Å²) in [7, 11) is 2.10. The molecule has 130 valence electrons. The fourth-order valence-corrected chi connectivity index (χ4v) is 3.30. The molecule has 1 atom stereocenters. The third-order valence-corrected chi connectivity index (χ3v) is 4.78. The highest BCUT2D eigenvalue weighted by Crippen LogP contribution is 2.26. The summed E-state index contributed by atoms with van der Waals surface area (Å²) in [6.07, 6.45) is 3.16. The van der Waals surface area contributed by atoms with Crippen LogP contribution in [-0.2, 0) is 11.2 Å². The van der Waals surface area contributed by atoms with Crippen molar-refractivity contribution >= 4 is 5.82 Å². The highest BCUT2D eigenvalue weighted by Gasteiger charge is 2.20. The first kappa shape index (κ1) is 16.9. The van der Waals surface area contributed by atoms with E-state index in [9.17, 15) is 0 Å². The van der Waals surface area contributed by atoms with E-state index >= 15 is 0 Å². The number of anilines is 1. The minimum absolute atomic E-state index is 0.412. The molecule has 0 amide bonds. The summed E-state index contributed by atoms with van der Waals surface area (Å²) in [5.74, 6) is 2.25. The van der Waals surface area contributed by atoms with Crippen LogP contribution in [0.1, 0.15) is 47.2 Å². The molecule has 24 heavy (non-hydrogen) atoms. The highest BCUT2D eigenvalue weighted by molar-refractivity contribution is 5.40. The van der Waals surface area contributed by atoms with E-state index in [0.29, 0.717) is 5.92 Å². The standard InChI is InChI=1S/C18H27N5O/c1-12-16(13(2)22-21-12)6-5-8-23(4)18-10-17(19-14(3)20-18)15-7-9-24-11-15/h10,15H,5-9,11H2,1-4H3,(H,21,22). The number of ether oxygens (including phenoxy) is 1. The lowest BCUT2D eigenvalue weighted by molar-refractivity contribution is 0.193. The Morgan fingerprint density at radius 1 is 1.29 bits per heavy atom. The SMILES string of the molecule is Cc1nc(C2CCOC2)cc(N(C)CCCc2c(C)n[nH]c2C)n1. The Labute approximate surface area is 143 Å². The number of aryl methyl sites for hydroxylation is 3. The van der Waals surface area contributed by atoms with Crippen LogP contribution in [0.3, 0.4) is 0 Å². The summed E-state index contributed by atoms with van der Waals surface area (Å²) in [6, 6.07) is 2.13. The molecule has 0 saturated carbocycles. The maximum Gasteiger partial charge on any atom is 0.132 e. The molecule has 6 nitrogen and oxygen atoms in total. The minimum atomic E-state index is 0.412. The van der Waals surface area contributed by atoms with Gasteiger partial charge in [0.05, 0.1) is 18.0 Å². The Balaban J connectivity index is 1.63. The summed E-state index contributed by atoms with van der Waals surface area (Å²) in [4.78, 5) is 11.4. The molecule has 0 spiro atoms. The topological polar surface area (TPSA) is 66.9 Å². The van der Waals surface area contributed by atoms with E-state index < -0.39 is 0 Å². The fourth-order valence-electron chi connectivity index (χ4n) is 3.30. The lowest BCUT2D eigenvalue weighted by atomic mass is 10.0. The normalized spacial score (nSPS) is 17.4. The molecule has 1 aliphatic rings. The number of aromatic nitrogens is 4. The zero-order chi connectivity index (χ0) is 17.1. The quantitative estimate of drug-likeness (QED) is 0.882. The van der Waals surface area contributed by atoms with E-state index in [1.807, 2.05) is 6.92 Å². The third-order valence-electron chi connectivity index (χ3n) is 4.78. The third kappa shape index (κ3) is 3.75. The van der Waals surface area contributed by atoms with Gasteiger partial charge in [-0.1, -0.05) is 0 Å². The second-order valence-electron chi connectivity index (χ2n) is 6.70. The monoisotopic (exact) mass is 329 g/mol. The average Bonchev–Trinajstić information content (AvgIpc) is 3.19. The second-order valence-corrected chi connectivity index (χ2v) is 6.70. The molecule has 1 N–H and O–H groups in total. The van der Waals surface area contributed by atoms with Gasteiger partial charge in [-0.15, -0.1) is 0 Å². The smallest absolute Gasteiger partial charge is 0.132 e. The number of H-pyrrole nitrogens is 1. The molecule has 6 heteroatoms. The lowest BCUT2D eigenvalue weighted by Crippen LogP contribution is -2.21. The van der Waals surface area contributed by atoms with Crippen molar-refractivity contribution in [2.75, 3.05) is 31.7 Å². The maximum absolute atomic E-state index is 5.50. The molecule has 1 fully saturated rings. The number of hydrogen-bond acceptors (Lipinski definition) is 5. The van der Waals surface area contributed by atoms with Crippen LogP contribution in [0.15, 0.2) is 6.07 Å².